The predicted molar refractivity (Wildman–Crippen MR) is 61.1 cm³/mol. The predicted octanol–water partition coefficient (Wildman–Crippen LogP) is 3.54. The normalized spacial score (nSPS) is 13.6. The van der Waals surface area contributed by atoms with E-state index in [1.807, 2.05) is 0 Å². The van der Waals surface area contributed by atoms with Gasteiger partial charge in [0.2, 0.25) is 0 Å². The van der Waals surface area contributed by atoms with Crippen molar-refractivity contribution in [3.8, 4) is 0 Å². The molecule has 0 N–H and O–H groups in total. The van der Waals surface area contributed by atoms with E-state index >= 15 is 0 Å². The molecule has 80 valence electrons. The van der Waals surface area contributed by atoms with Gasteiger partial charge in [0.25, 0.3) is 0 Å². The number of hydrogen-bond acceptors (Lipinski definition) is 1. The lowest BCUT2D eigenvalue weighted by Crippen LogP contribution is -2.27. The molecule has 0 heterocycles. The summed E-state index contributed by atoms with van der Waals surface area (Å²) in [6, 6.07) is 0. The van der Waals surface area contributed by atoms with Crippen molar-refractivity contribution >= 4 is 0 Å². The Morgan fingerprint density at radius 2 is 1.46 bits per heavy atom. The number of hydrogen-bond donors (Lipinski definition) is 0. The van der Waals surface area contributed by atoms with Crippen LogP contribution in [0.1, 0.15) is 53.4 Å². The van der Waals surface area contributed by atoms with E-state index in [-0.39, 0.29) is 0 Å². The zero-order chi connectivity index (χ0) is 10.1. The Morgan fingerprint density at radius 3 is 1.85 bits per heavy atom. The molecule has 1 atom stereocenters. The third kappa shape index (κ3) is 7.06. The summed E-state index contributed by atoms with van der Waals surface area (Å²) in [7, 11) is 0. The molecule has 13 heavy (non-hydrogen) atoms. The lowest BCUT2D eigenvalue weighted by molar-refractivity contribution is 0.254. The zero-order valence-corrected chi connectivity index (χ0v) is 9.97. The van der Waals surface area contributed by atoms with Crippen molar-refractivity contribution < 1.29 is 0 Å². The van der Waals surface area contributed by atoms with Gasteiger partial charge in [-0.25, -0.2) is 0 Å². The van der Waals surface area contributed by atoms with E-state index in [0.29, 0.717) is 0 Å². The van der Waals surface area contributed by atoms with Crippen LogP contribution in [0, 0.1) is 5.92 Å². The molecule has 0 aromatic carbocycles. The topological polar surface area (TPSA) is 3.24 Å². The van der Waals surface area contributed by atoms with Crippen LogP contribution in [0.25, 0.3) is 0 Å². The molecular weight excluding hydrogens is 158 g/mol. The summed E-state index contributed by atoms with van der Waals surface area (Å²) < 4.78 is 0. The minimum atomic E-state index is 0.899. The van der Waals surface area contributed by atoms with Crippen LogP contribution in [0.2, 0.25) is 0 Å². The van der Waals surface area contributed by atoms with Crippen LogP contribution in [0.5, 0.6) is 0 Å². The Bertz CT molecular complexity index is 95.3. The van der Waals surface area contributed by atoms with Crippen molar-refractivity contribution in [2.24, 2.45) is 5.92 Å². The molecule has 0 spiro atoms. The molecule has 0 aromatic rings. The fourth-order valence-corrected chi connectivity index (χ4v) is 1.57. The van der Waals surface area contributed by atoms with Gasteiger partial charge in [-0.2, -0.15) is 0 Å². The lowest BCUT2D eigenvalue weighted by Gasteiger charge is -2.22. The molecule has 1 heteroatoms. The Balaban J connectivity index is 3.55. The standard InChI is InChI=1S/C12H27N/c1-5-9-13(10-6-2)11-8-12(4)7-3/h12H,5-11H2,1-4H3. The third-order valence-corrected chi connectivity index (χ3v) is 2.71. The van der Waals surface area contributed by atoms with E-state index in [1.54, 1.807) is 0 Å². The van der Waals surface area contributed by atoms with Gasteiger partial charge in [0, 0.05) is 0 Å². The smallest absolute Gasteiger partial charge is 0.00162 e. The molecule has 0 saturated carbocycles. The van der Waals surface area contributed by atoms with Crippen LogP contribution in [0.4, 0.5) is 0 Å². The summed E-state index contributed by atoms with van der Waals surface area (Å²) in [6.45, 7) is 13.0. The maximum atomic E-state index is 2.60. The lowest BCUT2D eigenvalue weighted by atomic mass is 10.1. The van der Waals surface area contributed by atoms with Gasteiger partial charge >= 0.3 is 0 Å². The molecule has 0 aliphatic rings. The van der Waals surface area contributed by atoms with E-state index in [1.165, 1.54) is 45.3 Å². The average Bonchev–Trinajstić information content (AvgIpc) is 2.14. The maximum Gasteiger partial charge on any atom is -0.00162 e. The summed E-state index contributed by atoms with van der Waals surface area (Å²) in [6.07, 6.45) is 5.28. The van der Waals surface area contributed by atoms with Crippen molar-refractivity contribution in [3.63, 3.8) is 0 Å². The van der Waals surface area contributed by atoms with E-state index in [9.17, 15) is 0 Å². The molecule has 1 nitrogen and oxygen atoms in total. The van der Waals surface area contributed by atoms with Crippen LogP contribution in [-0.2, 0) is 0 Å². The van der Waals surface area contributed by atoms with Gasteiger partial charge in [-0.3, -0.25) is 0 Å². The molecular formula is C12H27N. The average molecular weight is 185 g/mol. The molecule has 1 unspecified atom stereocenters. The largest absolute Gasteiger partial charge is 0.303 e. The van der Waals surface area contributed by atoms with Crippen molar-refractivity contribution in [1.29, 1.82) is 0 Å². The van der Waals surface area contributed by atoms with Gasteiger partial charge in [-0.1, -0.05) is 34.1 Å². The van der Waals surface area contributed by atoms with Gasteiger partial charge in [-0.05, 0) is 44.8 Å². The summed E-state index contributed by atoms with van der Waals surface area (Å²) in [5.74, 6) is 0.899. The molecule has 0 aliphatic heterocycles. The maximum absolute atomic E-state index is 2.60. The van der Waals surface area contributed by atoms with Gasteiger partial charge < -0.3 is 4.90 Å². The Kier molecular flexibility index (Phi) is 8.53. The fraction of sp³-hybridized carbons (Fsp3) is 1.00. The van der Waals surface area contributed by atoms with Crippen LogP contribution in [-0.4, -0.2) is 24.5 Å². The summed E-state index contributed by atoms with van der Waals surface area (Å²) in [4.78, 5) is 2.60. The molecule has 0 rings (SSSR count). The van der Waals surface area contributed by atoms with Crippen LogP contribution >= 0.6 is 0 Å². The van der Waals surface area contributed by atoms with Gasteiger partial charge in [0.15, 0.2) is 0 Å². The van der Waals surface area contributed by atoms with E-state index in [4.69, 9.17) is 0 Å². The molecule has 0 saturated heterocycles. The second-order valence-corrected chi connectivity index (χ2v) is 4.14. The van der Waals surface area contributed by atoms with Crippen LogP contribution in [0.15, 0.2) is 0 Å². The monoisotopic (exact) mass is 185 g/mol. The number of rotatable bonds is 8. The fourth-order valence-electron chi connectivity index (χ4n) is 1.57. The molecule has 0 aromatic heterocycles. The first-order chi connectivity index (χ1) is 6.24. The van der Waals surface area contributed by atoms with Crippen molar-refractivity contribution in [1.82, 2.24) is 4.90 Å². The molecule has 0 bridgehead atoms. The molecule has 0 fully saturated rings. The molecule has 0 amide bonds. The first kappa shape index (κ1) is 13.0. The minimum Gasteiger partial charge on any atom is -0.303 e. The van der Waals surface area contributed by atoms with E-state index < -0.39 is 0 Å². The zero-order valence-electron chi connectivity index (χ0n) is 9.97. The first-order valence-electron chi connectivity index (χ1n) is 5.96. The number of nitrogens with zero attached hydrogens (tertiary/aromatic N) is 1. The molecule has 0 aliphatic carbocycles. The Morgan fingerprint density at radius 1 is 0.923 bits per heavy atom. The van der Waals surface area contributed by atoms with E-state index in [0.717, 1.165) is 5.92 Å². The van der Waals surface area contributed by atoms with Gasteiger partial charge in [0.1, 0.15) is 0 Å². The second kappa shape index (κ2) is 8.55. The highest BCUT2D eigenvalue weighted by molar-refractivity contribution is 4.59. The van der Waals surface area contributed by atoms with E-state index in [2.05, 4.69) is 32.6 Å². The Labute approximate surface area is 84.5 Å². The Hall–Kier alpha value is -0.0400. The third-order valence-electron chi connectivity index (χ3n) is 2.71. The second-order valence-electron chi connectivity index (χ2n) is 4.14. The van der Waals surface area contributed by atoms with Crippen molar-refractivity contribution in [3.05, 3.63) is 0 Å². The highest BCUT2D eigenvalue weighted by Gasteiger charge is 2.04. The quantitative estimate of drug-likeness (QED) is 0.559. The van der Waals surface area contributed by atoms with Crippen molar-refractivity contribution in [2.45, 2.75) is 53.4 Å². The highest BCUT2D eigenvalue weighted by Crippen LogP contribution is 2.08. The first-order valence-corrected chi connectivity index (χ1v) is 5.96. The SMILES string of the molecule is CCCN(CCC)CCC(C)CC. The van der Waals surface area contributed by atoms with Crippen LogP contribution in [0.3, 0.4) is 0 Å². The van der Waals surface area contributed by atoms with Crippen molar-refractivity contribution in [2.75, 3.05) is 19.6 Å². The van der Waals surface area contributed by atoms with Gasteiger partial charge in [-0.15, -0.1) is 0 Å². The van der Waals surface area contributed by atoms with Crippen LogP contribution < -0.4 is 0 Å². The highest BCUT2D eigenvalue weighted by atomic mass is 15.1. The molecule has 0 radical (unpaired) electrons. The summed E-state index contributed by atoms with van der Waals surface area (Å²) in [5.41, 5.74) is 0. The minimum absolute atomic E-state index is 0.899. The summed E-state index contributed by atoms with van der Waals surface area (Å²) in [5, 5.41) is 0. The van der Waals surface area contributed by atoms with Gasteiger partial charge in [0.05, 0.1) is 0 Å². The summed E-state index contributed by atoms with van der Waals surface area (Å²) >= 11 is 0.